The van der Waals surface area contributed by atoms with Crippen LogP contribution in [0.3, 0.4) is 0 Å². The number of rotatable bonds is 2. The van der Waals surface area contributed by atoms with Crippen LogP contribution in [0.25, 0.3) is 0 Å². The molecule has 0 saturated carbocycles. The van der Waals surface area contributed by atoms with Crippen molar-refractivity contribution in [3.63, 3.8) is 0 Å². The molecule has 0 amide bonds. The first-order valence-electron chi connectivity index (χ1n) is 7.81. The van der Waals surface area contributed by atoms with E-state index in [0.717, 1.165) is 0 Å². The maximum atomic E-state index is 7.82. The molecule has 2 nitrogen and oxygen atoms in total. The fourth-order valence-corrected chi connectivity index (χ4v) is 0.643. The summed E-state index contributed by atoms with van der Waals surface area (Å²) in [6, 6.07) is 0. The third-order valence-corrected chi connectivity index (χ3v) is 1.02. The van der Waals surface area contributed by atoms with Crippen LogP contribution in [-0.2, 0) is 6.50 Å². The van der Waals surface area contributed by atoms with Gasteiger partial charge >= 0.3 is 0 Å². The van der Waals surface area contributed by atoms with Crippen LogP contribution in [-0.4, -0.2) is 9.78 Å². The van der Waals surface area contributed by atoms with Crippen LogP contribution in [0.15, 0.2) is 16.8 Å². The normalized spacial score (nSPS) is 31.9. The van der Waals surface area contributed by atoms with Crippen molar-refractivity contribution in [3.8, 4) is 0 Å². The van der Waals surface area contributed by atoms with E-state index in [-0.39, 0.29) is 9.15 Å². The molecule has 0 atom stereocenters. The summed E-state index contributed by atoms with van der Waals surface area (Å²) in [5.41, 5.74) is 0. The van der Waals surface area contributed by atoms with Crippen molar-refractivity contribution in [2.24, 2.45) is 5.89 Å². The second-order valence-corrected chi connectivity index (χ2v) is 2.23. The Labute approximate surface area is 84.8 Å². The molecular weight excluding hydrogens is 192 g/mol. The van der Waals surface area contributed by atoms with Gasteiger partial charge in [-0.3, -0.25) is 4.68 Å². The second-order valence-electron chi connectivity index (χ2n) is 1.44. The van der Waals surface area contributed by atoms with Gasteiger partial charge in [-0.2, -0.15) is 5.10 Å². The summed E-state index contributed by atoms with van der Waals surface area (Å²) >= 11 is 2.79. The van der Waals surface area contributed by atoms with E-state index in [0.29, 0.717) is 0 Å². The molecule has 0 spiro atoms. The molecule has 0 fully saturated rings. The van der Waals surface area contributed by atoms with Gasteiger partial charge in [-0.15, -0.1) is 0 Å². The zero-order valence-corrected chi connectivity index (χ0v) is 6.36. The van der Waals surface area contributed by atoms with E-state index in [2.05, 4.69) is 21.0 Å². The zero-order valence-electron chi connectivity index (χ0n) is 15.8. The van der Waals surface area contributed by atoms with Crippen LogP contribution < -0.4 is 0 Å². The monoisotopic (exact) mass is 213 g/mol. The van der Waals surface area contributed by atoms with Gasteiger partial charge in [0.15, 0.2) is 0 Å². The number of hydrogen-bond donors (Lipinski definition) is 0. The lowest BCUT2D eigenvalue weighted by molar-refractivity contribution is 0.483. The lowest BCUT2D eigenvalue weighted by Gasteiger charge is -2.02. The van der Waals surface area contributed by atoms with Gasteiger partial charge in [0.2, 0.25) is 0 Å². The lowest BCUT2D eigenvalue weighted by atomic mass is 10.2. The Morgan fingerprint density at radius 3 is 3.50 bits per heavy atom. The quantitative estimate of drug-likeness (QED) is 0.738. The number of halogens is 1. The van der Waals surface area contributed by atoms with Crippen molar-refractivity contribution < 1.29 is 15.1 Å². The third kappa shape index (κ3) is 2.14. The van der Waals surface area contributed by atoms with E-state index in [1.54, 1.807) is 0 Å². The highest BCUT2D eigenvalue weighted by molar-refractivity contribution is 9.10. The molecule has 0 aliphatic rings. The molecule has 1 aromatic heterocycles. The molecule has 0 bridgehead atoms. The Hall–Kier alpha value is -0.310. The van der Waals surface area contributed by atoms with E-state index in [4.69, 9.17) is 15.1 Å². The maximum Gasteiger partial charge on any atom is 0.0872 e. The van der Waals surface area contributed by atoms with E-state index in [9.17, 15) is 0 Å². The van der Waals surface area contributed by atoms with Gasteiger partial charge in [0.1, 0.15) is 0 Å². The highest BCUT2D eigenvalue weighted by atomic mass is 79.9. The minimum absolute atomic E-state index is 0.130. The van der Waals surface area contributed by atoms with Crippen LogP contribution in [0.2, 0.25) is 0 Å². The highest BCUT2D eigenvalue weighted by Gasteiger charge is 1.96. The molecule has 0 aliphatic carbocycles. The summed E-state index contributed by atoms with van der Waals surface area (Å²) < 4.78 is 81.9. The van der Waals surface area contributed by atoms with Crippen molar-refractivity contribution in [3.05, 3.63) is 16.8 Å². The zero-order chi connectivity index (χ0) is 17.0. The molecule has 0 aromatic carbocycles. The largest absolute Gasteiger partial charge is 0.271 e. The lowest BCUT2D eigenvalue weighted by Crippen LogP contribution is -2.03. The predicted molar refractivity (Wildman–Crippen MR) is 44.8 cm³/mol. The Bertz CT molecular complexity index is 528. The first-order chi connectivity index (χ1) is 9.09. The van der Waals surface area contributed by atoms with E-state index in [1.807, 2.05) is 0 Å². The fraction of sp³-hybridized carbons (Fsp3) is 0.571. The molecule has 0 unspecified atom stereocenters. The van der Waals surface area contributed by atoms with Crippen molar-refractivity contribution in [1.29, 1.82) is 0 Å². The first-order valence-corrected chi connectivity index (χ1v) is 3.10. The van der Waals surface area contributed by atoms with Crippen LogP contribution in [0, 0.1) is 5.89 Å². The molecule has 3 heteroatoms. The van der Waals surface area contributed by atoms with Crippen molar-refractivity contribution in [2.75, 3.05) is 0 Å². The smallest absolute Gasteiger partial charge is 0.0872 e. The van der Waals surface area contributed by atoms with E-state index < -0.39 is 38.4 Å². The van der Waals surface area contributed by atoms with Crippen molar-refractivity contribution >= 4 is 15.9 Å². The molecule has 0 saturated heterocycles. The standard InChI is InChI=1S/C7H11BrN2/c1-6(2)4-10-5-7(8)3-9-10/h3,5-6H,4H2,1-2H3/i1D3,2D3,3D,4D2,5D,6D. The summed E-state index contributed by atoms with van der Waals surface area (Å²) in [6.07, 6.45) is -1.29. The van der Waals surface area contributed by atoms with Crippen molar-refractivity contribution in [1.82, 2.24) is 9.78 Å². The number of nitrogens with zero attached hydrogens (tertiary/aromatic N) is 2. The van der Waals surface area contributed by atoms with Gasteiger partial charge in [-0.25, -0.2) is 0 Å². The van der Waals surface area contributed by atoms with Gasteiger partial charge in [-0.1, -0.05) is 13.7 Å². The molecule has 1 rings (SSSR count). The number of aromatic nitrogens is 2. The van der Waals surface area contributed by atoms with Gasteiger partial charge in [0, 0.05) is 22.3 Å². The summed E-state index contributed by atoms with van der Waals surface area (Å²) in [5, 5.41) is 3.33. The van der Waals surface area contributed by atoms with Gasteiger partial charge < -0.3 is 0 Å². The second kappa shape index (κ2) is 3.19. The minimum Gasteiger partial charge on any atom is -0.271 e. The maximum absolute atomic E-state index is 7.82. The predicted octanol–water partition coefficient (Wildman–Crippen LogP) is 2.30. The highest BCUT2D eigenvalue weighted by Crippen LogP contribution is 2.07. The molecule has 1 heterocycles. The molecule has 0 radical (unpaired) electrons. The molecule has 0 N–H and O–H groups in total. The van der Waals surface area contributed by atoms with Crippen LogP contribution in [0.5, 0.6) is 0 Å². The summed E-state index contributed by atoms with van der Waals surface area (Å²) in [4.78, 5) is 0. The van der Waals surface area contributed by atoms with Crippen LogP contribution in [0.1, 0.15) is 28.8 Å². The summed E-state index contributed by atoms with van der Waals surface area (Å²) in [6.45, 7) is -10.4. The summed E-state index contributed by atoms with van der Waals surface area (Å²) in [7, 11) is 0. The van der Waals surface area contributed by atoms with Crippen LogP contribution in [0.4, 0.5) is 0 Å². The molecule has 0 aliphatic heterocycles. The van der Waals surface area contributed by atoms with Gasteiger partial charge in [-0.05, 0) is 21.8 Å². The third-order valence-electron chi connectivity index (χ3n) is 0.670. The minimum atomic E-state index is -3.57. The molecule has 56 valence electrons. The molecule has 1 aromatic rings. The Kier molecular flexibility index (Phi) is 0.545. The Morgan fingerprint density at radius 2 is 3.00 bits per heavy atom. The average Bonchev–Trinajstić information content (AvgIpc) is 2.53. The molecular formula is C7H11BrN2. The van der Waals surface area contributed by atoms with Gasteiger partial charge in [0.25, 0.3) is 0 Å². The molecule has 10 heavy (non-hydrogen) atoms. The fourth-order valence-electron chi connectivity index (χ4n) is 0.396. The van der Waals surface area contributed by atoms with Crippen LogP contribution >= 0.6 is 15.9 Å². The first kappa shape index (κ1) is 1.71. The SMILES string of the molecule is [2H]c1nn(C([2H])([2H])C([2H])(C([2H])([2H])[2H])C([2H])([2H])[2H])c([2H])c1Br. The Morgan fingerprint density at radius 1 is 2.20 bits per heavy atom. The van der Waals surface area contributed by atoms with Gasteiger partial charge in [0.05, 0.1) is 16.1 Å². The van der Waals surface area contributed by atoms with Crippen molar-refractivity contribution in [2.45, 2.75) is 20.2 Å². The summed E-state index contributed by atoms with van der Waals surface area (Å²) in [5.74, 6) is -3.57. The van der Waals surface area contributed by atoms with E-state index in [1.165, 1.54) is 0 Å². The topological polar surface area (TPSA) is 17.8 Å². The number of hydrogen-bond acceptors (Lipinski definition) is 1. The Balaban J connectivity index is 3.68. The van der Waals surface area contributed by atoms with E-state index >= 15 is 0 Å². The average molecular weight is 214 g/mol.